The van der Waals surface area contributed by atoms with Crippen molar-refractivity contribution in [2.24, 2.45) is 5.92 Å². The van der Waals surface area contributed by atoms with Crippen LogP contribution in [-0.2, 0) is 22.7 Å². The van der Waals surface area contributed by atoms with Gasteiger partial charge >= 0.3 is 0 Å². The maximum atomic E-state index is 12.7. The minimum atomic E-state index is -0.382. The van der Waals surface area contributed by atoms with Gasteiger partial charge in [-0.05, 0) is 17.7 Å². The highest BCUT2D eigenvalue weighted by molar-refractivity contribution is 5.96. The van der Waals surface area contributed by atoms with Crippen molar-refractivity contribution in [1.82, 2.24) is 14.7 Å². The van der Waals surface area contributed by atoms with Crippen molar-refractivity contribution in [1.29, 1.82) is 0 Å². The van der Waals surface area contributed by atoms with Crippen LogP contribution in [0, 0.1) is 5.92 Å². The van der Waals surface area contributed by atoms with E-state index in [1.165, 1.54) is 0 Å². The van der Waals surface area contributed by atoms with Gasteiger partial charge in [0.25, 0.3) is 0 Å². The van der Waals surface area contributed by atoms with Crippen LogP contribution in [-0.4, -0.2) is 33.0 Å². The molecule has 2 aromatic heterocycles. The Kier molecular flexibility index (Phi) is 4.74. The van der Waals surface area contributed by atoms with E-state index in [2.05, 4.69) is 10.4 Å². The molecule has 7 nitrogen and oxygen atoms in total. The number of amides is 2. The van der Waals surface area contributed by atoms with Gasteiger partial charge in [0.05, 0.1) is 31.5 Å². The van der Waals surface area contributed by atoms with Crippen LogP contribution in [0.1, 0.15) is 17.7 Å². The van der Waals surface area contributed by atoms with Crippen molar-refractivity contribution in [3.8, 4) is 0 Å². The molecule has 4 rings (SSSR count). The number of benzene rings is 1. The monoisotopic (exact) mass is 364 g/mol. The number of anilines is 1. The molecule has 1 aliphatic rings. The average Bonchev–Trinajstić information content (AvgIpc) is 3.40. The van der Waals surface area contributed by atoms with Gasteiger partial charge in [-0.1, -0.05) is 30.3 Å². The lowest BCUT2D eigenvalue weighted by atomic mass is 10.1. The zero-order valence-corrected chi connectivity index (χ0v) is 14.7. The molecule has 2 amide bonds. The number of rotatable bonds is 6. The Hall–Kier alpha value is -3.35. The minimum absolute atomic E-state index is 0.0376. The molecule has 1 saturated heterocycles. The van der Waals surface area contributed by atoms with Gasteiger partial charge < -0.3 is 14.6 Å². The highest BCUT2D eigenvalue weighted by Crippen LogP contribution is 2.22. The summed E-state index contributed by atoms with van der Waals surface area (Å²) in [5.74, 6) is 0.753. The first kappa shape index (κ1) is 17.1. The number of furan rings is 1. The third kappa shape index (κ3) is 3.92. The van der Waals surface area contributed by atoms with Crippen LogP contribution in [0.5, 0.6) is 0 Å². The summed E-state index contributed by atoms with van der Waals surface area (Å²) < 4.78 is 7.03. The third-order valence-electron chi connectivity index (χ3n) is 4.66. The second-order valence-corrected chi connectivity index (χ2v) is 6.60. The molecule has 1 fully saturated rings. The van der Waals surface area contributed by atoms with E-state index in [9.17, 15) is 9.59 Å². The highest BCUT2D eigenvalue weighted by Gasteiger charge is 2.34. The molecule has 1 atom stereocenters. The molecule has 3 aromatic rings. The van der Waals surface area contributed by atoms with E-state index in [1.807, 2.05) is 36.4 Å². The summed E-state index contributed by atoms with van der Waals surface area (Å²) in [6.45, 7) is 1.34. The summed E-state index contributed by atoms with van der Waals surface area (Å²) in [5.41, 5.74) is 1.09. The van der Waals surface area contributed by atoms with Crippen molar-refractivity contribution >= 4 is 17.6 Å². The van der Waals surface area contributed by atoms with Crippen LogP contribution in [0.2, 0.25) is 0 Å². The van der Waals surface area contributed by atoms with Crippen LogP contribution in [0.25, 0.3) is 0 Å². The summed E-state index contributed by atoms with van der Waals surface area (Å²) >= 11 is 0. The second kappa shape index (κ2) is 7.49. The Bertz CT molecular complexity index is 918. The van der Waals surface area contributed by atoms with Gasteiger partial charge in [0.15, 0.2) is 0 Å². The van der Waals surface area contributed by atoms with Crippen LogP contribution in [0.4, 0.5) is 5.82 Å². The van der Waals surface area contributed by atoms with Gasteiger partial charge in [0, 0.05) is 19.0 Å². The number of likely N-dealkylation sites (tertiary alicyclic amines) is 1. The first-order chi connectivity index (χ1) is 13.2. The fourth-order valence-electron chi connectivity index (χ4n) is 3.24. The Labute approximate surface area is 156 Å². The van der Waals surface area contributed by atoms with Crippen LogP contribution in [0.15, 0.2) is 65.4 Å². The predicted octanol–water partition coefficient (Wildman–Crippen LogP) is 2.51. The van der Waals surface area contributed by atoms with Crippen molar-refractivity contribution in [2.75, 3.05) is 11.9 Å². The molecular formula is C20H20N4O3. The van der Waals surface area contributed by atoms with E-state index in [1.54, 1.807) is 34.2 Å². The number of carbonyl (C=O) groups is 2. The molecular weight excluding hydrogens is 344 g/mol. The lowest BCUT2D eigenvalue weighted by Gasteiger charge is -2.15. The van der Waals surface area contributed by atoms with Gasteiger partial charge in [-0.2, -0.15) is 5.10 Å². The summed E-state index contributed by atoms with van der Waals surface area (Å²) in [7, 11) is 0. The zero-order chi connectivity index (χ0) is 18.6. The van der Waals surface area contributed by atoms with E-state index < -0.39 is 0 Å². The maximum Gasteiger partial charge on any atom is 0.230 e. The van der Waals surface area contributed by atoms with Crippen molar-refractivity contribution in [3.63, 3.8) is 0 Å². The number of hydrogen-bond donors (Lipinski definition) is 1. The zero-order valence-electron chi connectivity index (χ0n) is 14.7. The quantitative estimate of drug-likeness (QED) is 0.729. The Morgan fingerprint density at radius 3 is 2.78 bits per heavy atom. The Balaban J connectivity index is 1.38. The van der Waals surface area contributed by atoms with Crippen molar-refractivity contribution in [2.45, 2.75) is 19.5 Å². The summed E-state index contributed by atoms with van der Waals surface area (Å²) in [6.07, 6.45) is 3.44. The van der Waals surface area contributed by atoms with Crippen molar-refractivity contribution < 1.29 is 14.0 Å². The van der Waals surface area contributed by atoms with Gasteiger partial charge in [-0.3, -0.25) is 9.59 Å². The summed E-state index contributed by atoms with van der Waals surface area (Å²) in [6, 6.07) is 15.3. The van der Waals surface area contributed by atoms with Crippen LogP contribution in [0.3, 0.4) is 0 Å². The Morgan fingerprint density at radius 2 is 2.00 bits per heavy atom. The van der Waals surface area contributed by atoms with Gasteiger partial charge in [0.2, 0.25) is 11.8 Å². The molecule has 27 heavy (non-hydrogen) atoms. The average molecular weight is 364 g/mol. The van der Waals surface area contributed by atoms with Gasteiger partial charge in [-0.25, -0.2) is 4.68 Å². The van der Waals surface area contributed by atoms with Gasteiger partial charge in [0.1, 0.15) is 11.6 Å². The molecule has 0 bridgehead atoms. The molecule has 0 spiro atoms. The highest BCUT2D eigenvalue weighted by atomic mass is 16.3. The van der Waals surface area contributed by atoms with Gasteiger partial charge in [-0.15, -0.1) is 0 Å². The Morgan fingerprint density at radius 1 is 1.15 bits per heavy atom. The minimum Gasteiger partial charge on any atom is -0.467 e. The first-order valence-corrected chi connectivity index (χ1v) is 8.86. The molecule has 1 aromatic carbocycles. The fourth-order valence-corrected chi connectivity index (χ4v) is 3.24. The largest absolute Gasteiger partial charge is 0.467 e. The molecule has 1 aliphatic heterocycles. The fraction of sp³-hybridized carbons (Fsp3) is 0.250. The molecule has 0 saturated carbocycles. The normalized spacial score (nSPS) is 16.7. The standard InChI is InChI=1S/C20H20N4O3/c25-19-11-16(13-23(19)14-17-7-4-10-27-17)20(26)22-18-8-9-21-24(18)12-15-5-2-1-3-6-15/h1-10,16H,11-14H2,(H,22,26). The lowest BCUT2D eigenvalue weighted by Crippen LogP contribution is -2.28. The number of hydrogen-bond acceptors (Lipinski definition) is 4. The van der Waals surface area contributed by atoms with E-state index >= 15 is 0 Å². The molecule has 7 heteroatoms. The van der Waals surface area contributed by atoms with Crippen molar-refractivity contribution in [3.05, 3.63) is 72.3 Å². The number of aromatic nitrogens is 2. The van der Waals surface area contributed by atoms with E-state index in [4.69, 9.17) is 4.42 Å². The van der Waals surface area contributed by atoms with E-state index in [0.717, 1.165) is 5.56 Å². The van der Waals surface area contributed by atoms with Crippen LogP contribution < -0.4 is 5.32 Å². The number of nitrogens with zero attached hydrogens (tertiary/aromatic N) is 3. The number of carbonyl (C=O) groups excluding carboxylic acids is 2. The smallest absolute Gasteiger partial charge is 0.230 e. The topological polar surface area (TPSA) is 80.4 Å². The molecule has 1 N–H and O–H groups in total. The second-order valence-electron chi connectivity index (χ2n) is 6.60. The molecule has 0 radical (unpaired) electrons. The van der Waals surface area contributed by atoms with E-state index in [-0.39, 0.29) is 24.2 Å². The lowest BCUT2D eigenvalue weighted by molar-refractivity contribution is -0.128. The summed E-state index contributed by atoms with van der Waals surface area (Å²) in [5, 5.41) is 7.20. The molecule has 0 aliphatic carbocycles. The summed E-state index contributed by atoms with van der Waals surface area (Å²) in [4.78, 5) is 26.5. The molecule has 3 heterocycles. The SMILES string of the molecule is O=C(Nc1ccnn1Cc1ccccc1)C1CC(=O)N(Cc2ccco2)C1. The number of nitrogens with one attached hydrogen (secondary N) is 1. The molecule has 1 unspecified atom stereocenters. The van der Waals surface area contributed by atoms with E-state index in [0.29, 0.717) is 31.2 Å². The van der Waals surface area contributed by atoms with Crippen LogP contribution >= 0.6 is 0 Å². The molecule has 138 valence electrons. The predicted molar refractivity (Wildman–Crippen MR) is 98.6 cm³/mol. The maximum absolute atomic E-state index is 12.7. The first-order valence-electron chi connectivity index (χ1n) is 8.86. The third-order valence-corrected chi connectivity index (χ3v) is 4.66.